The zero-order chi connectivity index (χ0) is 13.0. The van der Waals surface area contributed by atoms with Gasteiger partial charge >= 0.3 is 0 Å². The van der Waals surface area contributed by atoms with Gasteiger partial charge in [0, 0.05) is 23.8 Å². The van der Waals surface area contributed by atoms with Gasteiger partial charge in [-0.3, -0.25) is 4.79 Å². The molecule has 0 saturated carbocycles. The van der Waals surface area contributed by atoms with Crippen molar-refractivity contribution in [2.45, 2.75) is 11.3 Å². The van der Waals surface area contributed by atoms with Gasteiger partial charge in [-0.1, -0.05) is 30.0 Å². The summed E-state index contributed by atoms with van der Waals surface area (Å²) in [6.45, 7) is 1.96. The van der Waals surface area contributed by atoms with Gasteiger partial charge in [-0.25, -0.2) is 4.98 Å². The summed E-state index contributed by atoms with van der Waals surface area (Å²) in [6, 6.07) is 9.65. The van der Waals surface area contributed by atoms with Crippen LogP contribution >= 0.6 is 23.1 Å². The van der Waals surface area contributed by atoms with Gasteiger partial charge in [0.15, 0.2) is 4.34 Å². The molecule has 3 nitrogen and oxygen atoms in total. The average Bonchev–Trinajstić information content (AvgIpc) is 2.82. The van der Waals surface area contributed by atoms with E-state index in [1.165, 1.54) is 11.8 Å². The first-order valence-corrected chi connectivity index (χ1v) is 7.40. The number of thioether (sulfide) groups is 1. The van der Waals surface area contributed by atoms with Crippen LogP contribution in [0.5, 0.6) is 0 Å². The predicted molar refractivity (Wildman–Crippen MR) is 77.4 cm³/mol. The van der Waals surface area contributed by atoms with E-state index >= 15 is 0 Å². The van der Waals surface area contributed by atoms with Crippen LogP contribution in [0.25, 0.3) is 0 Å². The molecule has 0 aliphatic carbocycles. The Kier molecular flexibility index (Phi) is 4.38. The second kappa shape index (κ2) is 6.02. The molecule has 0 aliphatic rings. The third-order valence-corrected chi connectivity index (χ3v) is 4.56. The van der Waals surface area contributed by atoms with Crippen LogP contribution in [0.1, 0.15) is 5.69 Å². The Morgan fingerprint density at radius 1 is 1.39 bits per heavy atom. The van der Waals surface area contributed by atoms with Crippen molar-refractivity contribution in [3.8, 4) is 0 Å². The third-order valence-electron chi connectivity index (χ3n) is 2.43. The van der Waals surface area contributed by atoms with Gasteiger partial charge in [0.25, 0.3) is 0 Å². The molecular weight excluding hydrogens is 264 g/mol. The maximum atomic E-state index is 12.0. The van der Waals surface area contributed by atoms with Crippen molar-refractivity contribution in [3.63, 3.8) is 0 Å². The normalized spacial score (nSPS) is 10.3. The van der Waals surface area contributed by atoms with Crippen LogP contribution < -0.4 is 4.90 Å². The second-order valence-electron chi connectivity index (χ2n) is 3.83. The Hall–Kier alpha value is -1.33. The third kappa shape index (κ3) is 3.34. The lowest BCUT2D eigenvalue weighted by atomic mass is 10.3. The van der Waals surface area contributed by atoms with Gasteiger partial charge in [0.2, 0.25) is 5.91 Å². The number of para-hydroxylation sites is 1. The fourth-order valence-electron chi connectivity index (χ4n) is 1.41. The van der Waals surface area contributed by atoms with Gasteiger partial charge < -0.3 is 4.90 Å². The number of thiazole rings is 1. The summed E-state index contributed by atoms with van der Waals surface area (Å²) in [6.07, 6.45) is 0. The van der Waals surface area contributed by atoms with Crippen LogP contribution in [-0.4, -0.2) is 23.7 Å². The van der Waals surface area contributed by atoms with Crippen LogP contribution in [0.4, 0.5) is 5.69 Å². The van der Waals surface area contributed by atoms with Crippen molar-refractivity contribution >= 4 is 34.7 Å². The number of amides is 1. The lowest BCUT2D eigenvalue weighted by Gasteiger charge is -2.16. The first-order valence-electron chi connectivity index (χ1n) is 5.53. The Balaban J connectivity index is 1.92. The molecule has 0 atom stereocenters. The number of benzene rings is 1. The molecule has 1 aromatic heterocycles. The number of aromatic nitrogens is 1. The zero-order valence-corrected chi connectivity index (χ0v) is 11.9. The van der Waals surface area contributed by atoms with Crippen molar-refractivity contribution in [1.82, 2.24) is 4.98 Å². The molecular formula is C13H14N2OS2. The molecule has 1 heterocycles. The molecule has 1 aromatic carbocycles. The van der Waals surface area contributed by atoms with Crippen LogP contribution in [0.3, 0.4) is 0 Å². The lowest BCUT2D eigenvalue weighted by molar-refractivity contribution is -0.115. The summed E-state index contributed by atoms with van der Waals surface area (Å²) in [5, 5.41) is 1.99. The molecule has 0 saturated heterocycles. The maximum Gasteiger partial charge on any atom is 0.237 e. The number of anilines is 1. The first-order chi connectivity index (χ1) is 8.66. The molecule has 2 aromatic rings. The Bertz CT molecular complexity index is 525. The zero-order valence-electron chi connectivity index (χ0n) is 10.3. The molecule has 0 spiro atoms. The number of nitrogens with zero attached hydrogens (tertiary/aromatic N) is 2. The largest absolute Gasteiger partial charge is 0.315 e. The monoisotopic (exact) mass is 278 g/mol. The van der Waals surface area contributed by atoms with E-state index < -0.39 is 0 Å². The highest BCUT2D eigenvalue weighted by molar-refractivity contribution is 8.01. The maximum absolute atomic E-state index is 12.0. The summed E-state index contributed by atoms with van der Waals surface area (Å²) in [5.41, 5.74) is 1.92. The summed E-state index contributed by atoms with van der Waals surface area (Å²) < 4.78 is 0.947. The second-order valence-corrected chi connectivity index (χ2v) is 5.91. The molecule has 0 bridgehead atoms. The number of carbonyl (C=O) groups is 1. The van der Waals surface area contributed by atoms with Crippen molar-refractivity contribution < 1.29 is 4.79 Å². The molecule has 5 heteroatoms. The number of hydrogen-bond donors (Lipinski definition) is 0. The van der Waals surface area contributed by atoms with E-state index in [0.29, 0.717) is 5.75 Å². The molecule has 0 unspecified atom stereocenters. The van der Waals surface area contributed by atoms with E-state index in [0.717, 1.165) is 15.7 Å². The summed E-state index contributed by atoms with van der Waals surface area (Å²) in [4.78, 5) is 18.0. The van der Waals surface area contributed by atoms with Gasteiger partial charge in [-0.05, 0) is 19.1 Å². The summed E-state index contributed by atoms with van der Waals surface area (Å²) >= 11 is 3.07. The molecule has 0 aliphatic heterocycles. The first kappa shape index (κ1) is 13.1. The smallest absolute Gasteiger partial charge is 0.237 e. The SMILES string of the molecule is Cc1csc(SCC(=O)N(C)c2ccccc2)n1. The Morgan fingerprint density at radius 2 is 2.11 bits per heavy atom. The highest BCUT2D eigenvalue weighted by Gasteiger charge is 2.11. The highest BCUT2D eigenvalue weighted by atomic mass is 32.2. The summed E-state index contributed by atoms with van der Waals surface area (Å²) in [7, 11) is 1.80. The molecule has 0 N–H and O–H groups in total. The highest BCUT2D eigenvalue weighted by Crippen LogP contribution is 2.23. The molecule has 0 radical (unpaired) electrons. The number of hydrogen-bond acceptors (Lipinski definition) is 4. The summed E-state index contributed by atoms with van der Waals surface area (Å²) in [5.74, 6) is 0.497. The Labute approximate surface area is 115 Å². The van der Waals surface area contributed by atoms with E-state index in [2.05, 4.69) is 4.98 Å². The van der Waals surface area contributed by atoms with E-state index in [-0.39, 0.29) is 5.91 Å². The van der Waals surface area contributed by atoms with Gasteiger partial charge in [-0.2, -0.15) is 0 Å². The standard InChI is InChI=1S/C13H14N2OS2/c1-10-8-17-13(14-10)18-9-12(16)15(2)11-6-4-3-5-7-11/h3-8H,9H2,1-2H3. The lowest BCUT2D eigenvalue weighted by Crippen LogP contribution is -2.27. The molecule has 94 valence electrons. The van der Waals surface area contributed by atoms with Gasteiger partial charge in [0.1, 0.15) is 0 Å². The van der Waals surface area contributed by atoms with Crippen LogP contribution in [-0.2, 0) is 4.79 Å². The minimum Gasteiger partial charge on any atom is -0.315 e. The van der Waals surface area contributed by atoms with E-state index in [1.807, 2.05) is 42.6 Å². The van der Waals surface area contributed by atoms with Crippen molar-refractivity contribution in [2.24, 2.45) is 0 Å². The predicted octanol–water partition coefficient (Wildman–Crippen LogP) is 3.21. The van der Waals surface area contributed by atoms with Crippen LogP contribution in [0, 0.1) is 6.92 Å². The topological polar surface area (TPSA) is 33.2 Å². The fraction of sp³-hybridized carbons (Fsp3) is 0.231. The van der Waals surface area contributed by atoms with Crippen LogP contribution in [0.15, 0.2) is 40.1 Å². The van der Waals surface area contributed by atoms with Crippen molar-refractivity contribution in [1.29, 1.82) is 0 Å². The minimum absolute atomic E-state index is 0.0825. The van der Waals surface area contributed by atoms with Crippen molar-refractivity contribution in [3.05, 3.63) is 41.4 Å². The van der Waals surface area contributed by atoms with Crippen LogP contribution in [0.2, 0.25) is 0 Å². The van der Waals surface area contributed by atoms with Gasteiger partial charge in [0.05, 0.1) is 5.75 Å². The van der Waals surface area contributed by atoms with E-state index in [4.69, 9.17) is 0 Å². The van der Waals surface area contributed by atoms with Crippen molar-refractivity contribution in [2.75, 3.05) is 17.7 Å². The average molecular weight is 278 g/mol. The minimum atomic E-state index is 0.0825. The number of aryl methyl sites for hydroxylation is 1. The Morgan fingerprint density at radius 3 is 2.72 bits per heavy atom. The molecule has 0 fully saturated rings. The van der Waals surface area contributed by atoms with Gasteiger partial charge in [-0.15, -0.1) is 11.3 Å². The number of carbonyl (C=O) groups excluding carboxylic acids is 1. The van der Waals surface area contributed by atoms with E-state index in [9.17, 15) is 4.79 Å². The van der Waals surface area contributed by atoms with E-state index in [1.54, 1.807) is 23.3 Å². The quantitative estimate of drug-likeness (QED) is 0.805. The molecule has 1 amide bonds. The fourth-order valence-corrected chi connectivity index (χ4v) is 3.18. The molecule has 2 rings (SSSR count). The number of rotatable bonds is 4. The molecule has 18 heavy (non-hydrogen) atoms.